The molecule has 2 aliphatic carbocycles. The molecule has 0 radical (unpaired) electrons. The fourth-order valence-corrected chi connectivity index (χ4v) is 10.1. The second kappa shape index (κ2) is 22.4. The molecule has 0 aromatic heterocycles. The normalized spacial score (nSPS) is 22.3. The Morgan fingerprint density at radius 1 is 0.913 bits per heavy atom. The Morgan fingerprint density at radius 3 is 2.39 bits per heavy atom. The summed E-state index contributed by atoms with van der Waals surface area (Å²) in [6, 6.07) is 24.5. The molecule has 2 amide bonds. The summed E-state index contributed by atoms with van der Waals surface area (Å²) in [5, 5.41) is 39.2. The van der Waals surface area contributed by atoms with E-state index in [1.165, 1.54) is 29.2 Å². The number of nitro groups is 1. The number of nitrogens with zero attached hydrogens (tertiary/aromatic N) is 3. The molecule has 4 aromatic carbocycles. The molecule has 4 aromatic rings. The largest absolute Gasteiger partial charge is 0.459 e. The SMILES string of the molecule is C=CCO[C@@]12Oc3ccc(OC(=O)NCC)cc3[C@H]3[C@H](CCCCO)[C@@H](CCCCO)C=C(C(=NOCc4ccccc4)C[C@@H]1N(Cc1ccc4c(c1)OCO4)C(=O)Oc1ccc([N+](=O)[O-])cc1)[C@H]32. The highest BCUT2D eigenvalue weighted by atomic mass is 16.7. The zero-order valence-corrected chi connectivity index (χ0v) is 38.5. The van der Waals surface area contributed by atoms with Gasteiger partial charge < -0.3 is 48.8 Å². The van der Waals surface area contributed by atoms with Crippen molar-refractivity contribution >= 4 is 23.6 Å². The zero-order chi connectivity index (χ0) is 48.3. The van der Waals surface area contributed by atoms with E-state index in [4.69, 9.17) is 38.4 Å². The number of ether oxygens (including phenoxy) is 6. The van der Waals surface area contributed by atoms with Crippen LogP contribution in [0, 0.1) is 27.9 Å². The van der Waals surface area contributed by atoms with Crippen molar-refractivity contribution in [2.24, 2.45) is 22.9 Å². The summed E-state index contributed by atoms with van der Waals surface area (Å²) in [6.07, 6.45) is 6.48. The van der Waals surface area contributed by atoms with E-state index >= 15 is 4.79 Å². The molecule has 1 fully saturated rings. The molecule has 3 N–H and O–H groups in total. The summed E-state index contributed by atoms with van der Waals surface area (Å²) in [7, 11) is 0. The van der Waals surface area contributed by atoms with Gasteiger partial charge in [0.2, 0.25) is 12.6 Å². The highest BCUT2D eigenvalue weighted by molar-refractivity contribution is 6.03. The van der Waals surface area contributed by atoms with Gasteiger partial charge in [-0.3, -0.25) is 15.0 Å². The lowest BCUT2D eigenvalue weighted by molar-refractivity contribution is -0.384. The first-order chi connectivity index (χ1) is 33.7. The van der Waals surface area contributed by atoms with Crippen LogP contribution < -0.4 is 29.0 Å². The van der Waals surface area contributed by atoms with E-state index < -0.39 is 40.8 Å². The summed E-state index contributed by atoms with van der Waals surface area (Å²) in [6.45, 7) is 6.37. The van der Waals surface area contributed by atoms with Gasteiger partial charge >= 0.3 is 12.2 Å². The predicted octanol–water partition coefficient (Wildman–Crippen LogP) is 8.97. The number of carbonyl (C=O) groups excluding carboxylic acids is 2. The Morgan fingerprint density at radius 2 is 1.65 bits per heavy atom. The van der Waals surface area contributed by atoms with Crippen LogP contribution in [-0.2, 0) is 22.7 Å². The van der Waals surface area contributed by atoms with Crippen LogP contribution in [0.1, 0.15) is 74.5 Å². The molecule has 4 aliphatic rings. The second-order valence-corrected chi connectivity index (χ2v) is 17.4. The van der Waals surface area contributed by atoms with E-state index in [0.29, 0.717) is 66.5 Å². The average Bonchev–Trinajstić information content (AvgIpc) is 3.83. The van der Waals surface area contributed by atoms with Crippen molar-refractivity contribution in [2.45, 2.75) is 82.8 Å². The summed E-state index contributed by atoms with van der Waals surface area (Å²) in [5.41, 5.74) is 3.48. The van der Waals surface area contributed by atoms with Gasteiger partial charge in [0.25, 0.3) is 5.69 Å². The molecule has 0 unspecified atom stereocenters. The number of aliphatic hydroxyl groups is 2. The van der Waals surface area contributed by atoms with Crippen molar-refractivity contribution in [3.05, 3.63) is 142 Å². The maximum atomic E-state index is 15.2. The molecule has 1 saturated carbocycles. The predicted molar refractivity (Wildman–Crippen MR) is 253 cm³/mol. The van der Waals surface area contributed by atoms with E-state index in [1.807, 2.05) is 42.5 Å². The lowest BCUT2D eigenvalue weighted by Gasteiger charge is -2.59. The van der Waals surface area contributed by atoms with Crippen LogP contribution in [0.25, 0.3) is 0 Å². The fourth-order valence-electron chi connectivity index (χ4n) is 10.1. The van der Waals surface area contributed by atoms with Crippen LogP contribution in [0.2, 0.25) is 0 Å². The van der Waals surface area contributed by atoms with Crippen LogP contribution in [0.4, 0.5) is 15.3 Å². The third-order valence-corrected chi connectivity index (χ3v) is 13.1. The maximum Gasteiger partial charge on any atom is 0.416 e. The number of amides is 2. The van der Waals surface area contributed by atoms with Crippen molar-refractivity contribution in [1.82, 2.24) is 10.2 Å². The first-order valence-electron chi connectivity index (χ1n) is 23.5. The smallest absolute Gasteiger partial charge is 0.416 e. The molecule has 69 heavy (non-hydrogen) atoms. The number of nitro benzene ring substituents is 1. The number of allylic oxidation sites excluding steroid dienone is 1. The first-order valence-corrected chi connectivity index (χ1v) is 23.5. The topological polar surface area (TPSA) is 210 Å². The van der Waals surface area contributed by atoms with Gasteiger partial charge in [0.1, 0.15) is 29.9 Å². The van der Waals surface area contributed by atoms with Crippen LogP contribution in [-0.4, -0.2) is 82.9 Å². The van der Waals surface area contributed by atoms with Gasteiger partial charge in [-0.1, -0.05) is 66.5 Å². The van der Waals surface area contributed by atoms with Crippen LogP contribution in [0.15, 0.2) is 120 Å². The minimum absolute atomic E-state index is 0.00206. The Hall–Kier alpha value is -6.95. The van der Waals surface area contributed by atoms with Gasteiger partial charge in [0.15, 0.2) is 11.5 Å². The molecule has 2 heterocycles. The summed E-state index contributed by atoms with van der Waals surface area (Å²) >= 11 is 0. The number of unbranched alkanes of at least 4 members (excludes halogenated alkanes) is 2. The van der Waals surface area contributed by atoms with Crippen LogP contribution in [0.5, 0.6) is 28.7 Å². The van der Waals surface area contributed by atoms with Crippen molar-refractivity contribution in [3.63, 3.8) is 0 Å². The first kappa shape index (κ1) is 48.5. The Bertz CT molecular complexity index is 2520. The second-order valence-electron chi connectivity index (χ2n) is 17.4. The molecule has 17 heteroatoms. The van der Waals surface area contributed by atoms with Gasteiger partial charge in [-0.25, -0.2) is 9.59 Å². The lowest BCUT2D eigenvalue weighted by Crippen LogP contribution is -2.70. The molecule has 0 saturated heterocycles. The van der Waals surface area contributed by atoms with Gasteiger partial charge in [-0.15, -0.1) is 6.58 Å². The van der Waals surface area contributed by atoms with Crippen LogP contribution in [0.3, 0.4) is 0 Å². The van der Waals surface area contributed by atoms with Crippen molar-refractivity contribution < 1.29 is 58.0 Å². The van der Waals surface area contributed by atoms with Crippen molar-refractivity contribution in [3.8, 4) is 28.7 Å². The van der Waals surface area contributed by atoms with Gasteiger partial charge in [0.05, 0.1) is 23.2 Å². The number of rotatable bonds is 21. The third-order valence-electron chi connectivity index (χ3n) is 13.1. The monoisotopic (exact) mass is 946 g/mol. The number of aliphatic hydroxyl groups excluding tert-OH is 2. The quantitative estimate of drug-likeness (QED) is 0.0309. The summed E-state index contributed by atoms with van der Waals surface area (Å²) < 4.78 is 37.8. The van der Waals surface area contributed by atoms with Crippen LogP contribution >= 0.6 is 0 Å². The Kier molecular flexibility index (Phi) is 15.8. The number of nitrogens with one attached hydrogen (secondary N) is 1. The molecule has 0 bridgehead atoms. The molecule has 0 spiro atoms. The number of hydrogen-bond donors (Lipinski definition) is 3. The van der Waals surface area contributed by atoms with E-state index in [2.05, 4.69) is 18.0 Å². The molecule has 2 aliphatic heterocycles. The van der Waals surface area contributed by atoms with E-state index in [9.17, 15) is 25.1 Å². The van der Waals surface area contributed by atoms with E-state index in [0.717, 1.165) is 29.5 Å². The molecular weight excluding hydrogens is 889 g/mol. The lowest BCUT2D eigenvalue weighted by atomic mass is 9.55. The van der Waals surface area contributed by atoms with Gasteiger partial charge in [0, 0.05) is 56.3 Å². The van der Waals surface area contributed by atoms with Gasteiger partial charge in [-0.05, 0) is 104 Å². The molecule has 17 nitrogen and oxygen atoms in total. The minimum Gasteiger partial charge on any atom is -0.459 e. The standard InChI is InChI=1S/C52H58N4O13/c1-3-26-65-52-47(55(31-35-16-22-45-46(27-35)64-33-63-45)51(60)68-38-19-17-37(18-20-38)56(61)62)30-43(54-66-32-34-12-6-5-7-13-34)41-28-36(14-8-10-24-57)40(15-9-11-25-58)48(49(41)52)42-29-39(21-23-44(42)69-52)67-50(59)53-4-2/h3,5-7,12-13,16-23,27-29,36,40,47-49,57-58H,1,4,8-11,14-15,24-26,30-33H2,2H3,(H,53,59)/t36-,40+,47-,48+,49+,52+/m0/s1. The zero-order valence-electron chi connectivity index (χ0n) is 38.5. The molecular formula is C52H58N4O13. The van der Waals surface area contributed by atoms with Crippen molar-refractivity contribution in [2.75, 3.05) is 33.2 Å². The highest BCUT2D eigenvalue weighted by Crippen LogP contribution is 2.62. The van der Waals surface area contributed by atoms with E-state index in [1.54, 1.807) is 37.3 Å². The number of benzene rings is 4. The highest BCUT2D eigenvalue weighted by Gasteiger charge is 2.66. The number of oxime groups is 1. The molecule has 364 valence electrons. The fraction of sp³-hybridized carbons (Fsp3) is 0.404. The number of non-ortho nitro benzene ring substituents is 1. The maximum absolute atomic E-state index is 15.2. The van der Waals surface area contributed by atoms with E-state index in [-0.39, 0.29) is 69.5 Å². The number of fused-ring (bicyclic) bond motifs is 3. The molecule has 8 rings (SSSR count). The summed E-state index contributed by atoms with van der Waals surface area (Å²) in [4.78, 5) is 46.9. The average molecular weight is 947 g/mol. The third kappa shape index (κ3) is 10.9. The number of carbonyl (C=O) groups is 2. The number of hydrogen-bond acceptors (Lipinski definition) is 14. The van der Waals surface area contributed by atoms with Gasteiger partial charge in [-0.2, -0.15) is 0 Å². The summed E-state index contributed by atoms with van der Waals surface area (Å²) in [5.74, 6) is -1.10. The molecule has 6 atom stereocenters. The Labute approximate surface area is 400 Å². The van der Waals surface area contributed by atoms with Crippen molar-refractivity contribution in [1.29, 1.82) is 0 Å². The Balaban J connectivity index is 1.34. The minimum atomic E-state index is -1.67.